The third-order valence-electron chi connectivity index (χ3n) is 6.13. The SMILES string of the molecule is COc1ccc(CN2C(=S)N[C@H](c3ccccn3)[C@@H]2c2ccc(C)n2-c2ccccc2)cc1. The lowest BCUT2D eigenvalue weighted by atomic mass is 10.0. The quantitative estimate of drug-likeness (QED) is 0.397. The van der Waals surface area contributed by atoms with E-state index >= 15 is 0 Å². The summed E-state index contributed by atoms with van der Waals surface area (Å²) in [7, 11) is 1.68. The Morgan fingerprint density at radius 3 is 2.39 bits per heavy atom. The van der Waals surface area contributed by atoms with Gasteiger partial charge in [-0.1, -0.05) is 36.4 Å². The van der Waals surface area contributed by atoms with Gasteiger partial charge < -0.3 is 19.5 Å². The Balaban J connectivity index is 1.60. The molecule has 1 saturated heterocycles. The summed E-state index contributed by atoms with van der Waals surface area (Å²) in [6, 6.07) is 28.9. The second kappa shape index (κ2) is 9.08. The molecule has 0 unspecified atom stereocenters. The Hall–Kier alpha value is -3.64. The van der Waals surface area contributed by atoms with Crippen molar-refractivity contribution in [3.8, 4) is 11.4 Å². The highest BCUT2D eigenvalue weighted by atomic mass is 32.1. The van der Waals surface area contributed by atoms with Crippen molar-refractivity contribution in [2.24, 2.45) is 0 Å². The van der Waals surface area contributed by atoms with Crippen LogP contribution in [0.2, 0.25) is 0 Å². The fourth-order valence-electron chi connectivity index (χ4n) is 4.54. The van der Waals surface area contributed by atoms with Crippen molar-refractivity contribution in [1.82, 2.24) is 19.8 Å². The van der Waals surface area contributed by atoms with Gasteiger partial charge in [-0.3, -0.25) is 4.98 Å². The smallest absolute Gasteiger partial charge is 0.170 e. The monoisotopic (exact) mass is 454 g/mol. The number of thiocarbonyl (C=S) groups is 1. The molecule has 166 valence electrons. The van der Waals surface area contributed by atoms with Crippen molar-refractivity contribution in [3.63, 3.8) is 0 Å². The molecule has 6 heteroatoms. The first kappa shape index (κ1) is 21.2. The zero-order valence-corrected chi connectivity index (χ0v) is 19.5. The van der Waals surface area contributed by atoms with Crippen LogP contribution in [0.4, 0.5) is 0 Å². The minimum absolute atomic E-state index is 0.0246. The fourth-order valence-corrected chi connectivity index (χ4v) is 4.85. The van der Waals surface area contributed by atoms with E-state index in [1.165, 1.54) is 17.0 Å². The van der Waals surface area contributed by atoms with Gasteiger partial charge in [0.1, 0.15) is 5.75 Å². The van der Waals surface area contributed by atoms with E-state index in [1.807, 2.05) is 36.5 Å². The molecular formula is C27H26N4OS. The molecule has 1 aliphatic heterocycles. The van der Waals surface area contributed by atoms with Gasteiger partial charge in [0.05, 0.1) is 24.9 Å². The summed E-state index contributed by atoms with van der Waals surface area (Å²) in [5, 5.41) is 4.28. The zero-order valence-electron chi connectivity index (χ0n) is 18.7. The molecule has 2 aromatic heterocycles. The summed E-state index contributed by atoms with van der Waals surface area (Å²) in [4.78, 5) is 6.94. The highest BCUT2D eigenvalue weighted by molar-refractivity contribution is 7.80. The minimum Gasteiger partial charge on any atom is -0.497 e. The van der Waals surface area contributed by atoms with Crippen LogP contribution < -0.4 is 10.1 Å². The molecule has 1 fully saturated rings. The minimum atomic E-state index is -0.0614. The van der Waals surface area contributed by atoms with Crippen LogP contribution in [0.25, 0.3) is 5.69 Å². The average Bonchev–Trinajstić information content (AvgIpc) is 3.40. The standard InChI is InChI=1S/C27H26N4OS/c1-19-11-16-24(31(19)21-8-4-3-5-9-21)26-25(23-10-6-7-17-28-23)29-27(33)30(26)18-20-12-14-22(32-2)15-13-20/h3-17,25-26H,18H2,1-2H3,(H,29,33)/t25-,26+/m1/s1. The molecule has 0 aliphatic carbocycles. The van der Waals surface area contributed by atoms with Crippen LogP contribution in [0.1, 0.15) is 34.7 Å². The maximum atomic E-state index is 5.86. The Morgan fingerprint density at radius 1 is 0.939 bits per heavy atom. The molecule has 1 aliphatic rings. The fraction of sp³-hybridized carbons (Fsp3) is 0.185. The first-order valence-corrected chi connectivity index (χ1v) is 11.4. The van der Waals surface area contributed by atoms with Crippen molar-refractivity contribution in [3.05, 3.63) is 114 Å². The van der Waals surface area contributed by atoms with Crippen molar-refractivity contribution < 1.29 is 4.74 Å². The molecule has 5 nitrogen and oxygen atoms in total. The number of rotatable bonds is 6. The van der Waals surface area contributed by atoms with Crippen LogP contribution in [0, 0.1) is 6.92 Å². The van der Waals surface area contributed by atoms with Gasteiger partial charge in [0.2, 0.25) is 0 Å². The molecule has 0 spiro atoms. The Morgan fingerprint density at radius 2 is 1.70 bits per heavy atom. The molecule has 4 aromatic rings. The Kier molecular flexibility index (Phi) is 5.84. The molecule has 0 saturated carbocycles. The van der Waals surface area contributed by atoms with Crippen LogP contribution in [0.15, 0.2) is 91.1 Å². The normalized spacial score (nSPS) is 17.8. The van der Waals surface area contributed by atoms with Crippen molar-refractivity contribution in [2.75, 3.05) is 7.11 Å². The molecule has 0 amide bonds. The Bertz CT molecular complexity index is 1240. The first-order chi connectivity index (χ1) is 16.2. The van der Waals surface area contributed by atoms with E-state index in [1.54, 1.807) is 7.11 Å². The predicted octanol–water partition coefficient (Wildman–Crippen LogP) is 5.36. The summed E-state index contributed by atoms with van der Waals surface area (Å²) in [5.41, 5.74) is 5.63. The molecule has 0 radical (unpaired) electrons. The number of aromatic nitrogens is 2. The van der Waals surface area contributed by atoms with Gasteiger partial charge in [-0.2, -0.15) is 0 Å². The van der Waals surface area contributed by atoms with Gasteiger partial charge in [-0.25, -0.2) is 0 Å². The molecule has 3 heterocycles. The number of hydrogen-bond acceptors (Lipinski definition) is 3. The molecule has 2 aromatic carbocycles. The second-order valence-corrected chi connectivity index (χ2v) is 8.56. The van der Waals surface area contributed by atoms with Crippen LogP contribution in [0.5, 0.6) is 5.75 Å². The van der Waals surface area contributed by atoms with Gasteiger partial charge in [0.25, 0.3) is 0 Å². The highest BCUT2D eigenvalue weighted by Gasteiger charge is 2.41. The predicted molar refractivity (Wildman–Crippen MR) is 134 cm³/mol. The maximum absolute atomic E-state index is 5.86. The topological polar surface area (TPSA) is 42.3 Å². The average molecular weight is 455 g/mol. The van der Waals surface area contributed by atoms with E-state index in [9.17, 15) is 0 Å². The van der Waals surface area contributed by atoms with E-state index in [-0.39, 0.29) is 12.1 Å². The lowest BCUT2D eigenvalue weighted by molar-refractivity contribution is 0.302. The van der Waals surface area contributed by atoms with Crippen molar-refractivity contribution in [2.45, 2.75) is 25.6 Å². The number of ether oxygens (including phenoxy) is 1. The summed E-state index contributed by atoms with van der Waals surface area (Å²) in [6.45, 7) is 2.82. The third kappa shape index (κ3) is 4.10. The highest BCUT2D eigenvalue weighted by Crippen LogP contribution is 2.41. The van der Waals surface area contributed by atoms with E-state index in [0.717, 1.165) is 22.2 Å². The molecule has 5 rings (SSSR count). The zero-order chi connectivity index (χ0) is 22.8. The maximum Gasteiger partial charge on any atom is 0.170 e. The van der Waals surface area contributed by atoms with Gasteiger partial charge in [0, 0.05) is 29.8 Å². The van der Waals surface area contributed by atoms with Gasteiger partial charge in [0.15, 0.2) is 5.11 Å². The lowest BCUT2D eigenvalue weighted by Crippen LogP contribution is -2.30. The summed E-state index contributed by atoms with van der Waals surface area (Å²) in [6.07, 6.45) is 1.84. The van der Waals surface area contributed by atoms with Crippen LogP contribution in [-0.2, 0) is 6.54 Å². The van der Waals surface area contributed by atoms with E-state index < -0.39 is 0 Å². The number of nitrogens with one attached hydrogen (secondary N) is 1. The number of para-hydroxylation sites is 1. The Labute approximate surface area is 199 Å². The molecule has 1 N–H and O–H groups in total. The largest absolute Gasteiger partial charge is 0.497 e. The summed E-state index contributed by atoms with van der Waals surface area (Å²) >= 11 is 5.86. The van der Waals surface area contributed by atoms with Crippen LogP contribution in [0.3, 0.4) is 0 Å². The number of hydrogen-bond donors (Lipinski definition) is 1. The second-order valence-electron chi connectivity index (χ2n) is 8.17. The van der Waals surface area contributed by atoms with E-state index in [2.05, 4.69) is 81.3 Å². The molecule has 2 atom stereocenters. The van der Waals surface area contributed by atoms with Gasteiger partial charge in [-0.15, -0.1) is 0 Å². The summed E-state index contributed by atoms with van der Waals surface area (Å²) < 4.78 is 7.65. The van der Waals surface area contributed by atoms with Gasteiger partial charge in [-0.05, 0) is 73.2 Å². The number of nitrogens with zero attached hydrogens (tertiary/aromatic N) is 3. The van der Waals surface area contributed by atoms with Crippen molar-refractivity contribution >= 4 is 17.3 Å². The number of methoxy groups -OCH3 is 1. The van der Waals surface area contributed by atoms with Crippen LogP contribution in [-0.4, -0.2) is 26.7 Å². The number of pyridine rings is 1. The molecule has 0 bridgehead atoms. The van der Waals surface area contributed by atoms with Crippen LogP contribution >= 0.6 is 12.2 Å². The number of benzene rings is 2. The number of aryl methyl sites for hydroxylation is 1. The molecule has 33 heavy (non-hydrogen) atoms. The molecular weight excluding hydrogens is 428 g/mol. The van der Waals surface area contributed by atoms with Gasteiger partial charge >= 0.3 is 0 Å². The third-order valence-corrected chi connectivity index (χ3v) is 6.49. The van der Waals surface area contributed by atoms with Crippen molar-refractivity contribution in [1.29, 1.82) is 0 Å². The van der Waals surface area contributed by atoms with E-state index in [4.69, 9.17) is 17.0 Å². The lowest BCUT2D eigenvalue weighted by Gasteiger charge is -2.29. The van der Waals surface area contributed by atoms with E-state index in [0.29, 0.717) is 6.54 Å². The first-order valence-electron chi connectivity index (χ1n) is 11.0. The summed E-state index contributed by atoms with van der Waals surface area (Å²) in [5.74, 6) is 0.845.